The van der Waals surface area contributed by atoms with E-state index in [4.69, 9.17) is 9.47 Å². The molecule has 1 atom stereocenters. The maximum absolute atomic E-state index is 12.5. The molecule has 0 saturated carbocycles. The van der Waals surface area contributed by atoms with Crippen LogP contribution in [0.15, 0.2) is 54.7 Å². The number of aryl methyl sites for hydroxylation is 1. The minimum absolute atomic E-state index is 0.000343. The van der Waals surface area contributed by atoms with Gasteiger partial charge in [-0.05, 0) is 50.5 Å². The molecule has 0 aliphatic rings. The molecule has 0 spiro atoms. The fourth-order valence-corrected chi connectivity index (χ4v) is 2.71. The van der Waals surface area contributed by atoms with Crippen LogP contribution >= 0.6 is 0 Å². The second-order valence-corrected chi connectivity index (χ2v) is 5.97. The van der Waals surface area contributed by atoms with Gasteiger partial charge in [0.15, 0.2) is 0 Å². The van der Waals surface area contributed by atoms with Crippen molar-refractivity contribution in [2.45, 2.75) is 38.4 Å². The van der Waals surface area contributed by atoms with E-state index in [9.17, 15) is 14.4 Å². The van der Waals surface area contributed by atoms with Crippen LogP contribution in [0.5, 0.6) is 0 Å². The third-order valence-corrected chi connectivity index (χ3v) is 4.03. The molecule has 0 radical (unpaired) electrons. The Hall–Kier alpha value is -3.06. The van der Waals surface area contributed by atoms with Crippen LogP contribution in [0.3, 0.4) is 0 Å². The zero-order valence-corrected chi connectivity index (χ0v) is 15.7. The summed E-state index contributed by atoms with van der Waals surface area (Å²) in [6.07, 6.45) is 3.63. The fraction of sp³-hybridized carbons (Fsp3) is 0.333. The molecule has 1 aromatic carbocycles. The van der Waals surface area contributed by atoms with Crippen molar-refractivity contribution < 1.29 is 28.6 Å². The number of benzene rings is 1. The minimum Gasteiger partial charge on any atom is -0.418 e. The summed E-state index contributed by atoms with van der Waals surface area (Å²) in [6, 6.07) is 13.9. The number of rotatable bonds is 11. The second-order valence-electron chi connectivity index (χ2n) is 5.97. The third kappa shape index (κ3) is 5.99. The van der Waals surface area contributed by atoms with Gasteiger partial charge in [0.1, 0.15) is 0 Å². The molecule has 1 aromatic heterocycles. The Morgan fingerprint density at radius 3 is 2.46 bits per heavy atom. The van der Waals surface area contributed by atoms with Crippen LogP contribution in [0.4, 0.5) is 0 Å². The Bertz CT molecular complexity index is 765. The number of esters is 2. The molecular formula is C21H23NO6. The number of nitrogens with zero attached hydrogens (tertiary/aromatic N) is 1. The molecule has 0 N–H and O–H groups in total. The van der Waals surface area contributed by atoms with Gasteiger partial charge in [-0.15, -0.1) is 0 Å². The lowest BCUT2D eigenvalue weighted by atomic mass is 10.1. The second kappa shape index (κ2) is 10.9. The Labute approximate surface area is 163 Å². The van der Waals surface area contributed by atoms with Crippen molar-refractivity contribution in [2.75, 3.05) is 6.61 Å². The van der Waals surface area contributed by atoms with E-state index < -0.39 is 17.7 Å². The summed E-state index contributed by atoms with van der Waals surface area (Å²) in [7, 11) is 0. The summed E-state index contributed by atoms with van der Waals surface area (Å²) >= 11 is 0. The Morgan fingerprint density at radius 2 is 1.82 bits per heavy atom. The molecule has 0 aliphatic heterocycles. The molecule has 7 nitrogen and oxygen atoms in total. The van der Waals surface area contributed by atoms with Gasteiger partial charge in [-0.25, -0.2) is 9.59 Å². The highest BCUT2D eigenvalue weighted by atomic mass is 16.7. The topological polar surface area (TPSA) is 91.8 Å². The number of pyridine rings is 1. The van der Waals surface area contributed by atoms with E-state index in [-0.39, 0.29) is 25.1 Å². The van der Waals surface area contributed by atoms with E-state index in [1.165, 1.54) is 0 Å². The maximum Gasteiger partial charge on any atom is 0.387 e. The predicted molar refractivity (Wildman–Crippen MR) is 100 cm³/mol. The van der Waals surface area contributed by atoms with E-state index in [0.717, 1.165) is 5.69 Å². The van der Waals surface area contributed by atoms with E-state index in [2.05, 4.69) is 9.72 Å². The van der Waals surface area contributed by atoms with E-state index >= 15 is 0 Å². The Balaban J connectivity index is 2.10. The van der Waals surface area contributed by atoms with Gasteiger partial charge in [-0.2, -0.15) is 0 Å². The normalized spacial score (nSPS) is 12.6. The highest BCUT2D eigenvalue weighted by molar-refractivity contribution is 5.93. The van der Waals surface area contributed by atoms with Crippen LogP contribution in [0.1, 0.15) is 42.2 Å². The first-order chi connectivity index (χ1) is 13.6. The maximum atomic E-state index is 12.5. The van der Waals surface area contributed by atoms with Crippen molar-refractivity contribution >= 4 is 18.4 Å². The van der Waals surface area contributed by atoms with Crippen LogP contribution in [0, 0.1) is 0 Å². The van der Waals surface area contributed by atoms with Gasteiger partial charge < -0.3 is 14.2 Å². The summed E-state index contributed by atoms with van der Waals surface area (Å²) in [5, 5.41) is 0. The van der Waals surface area contributed by atoms with Crippen LogP contribution < -0.4 is 0 Å². The van der Waals surface area contributed by atoms with Gasteiger partial charge in [0.2, 0.25) is 0 Å². The number of hydrogen-bond donors (Lipinski definition) is 0. The monoisotopic (exact) mass is 385 g/mol. The van der Waals surface area contributed by atoms with Gasteiger partial charge in [0.25, 0.3) is 0 Å². The van der Waals surface area contributed by atoms with Crippen LogP contribution in [-0.2, 0) is 30.2 Å². The number of carbonyl (C=O) groups is 3. The zero-order valence-electron chi connectivity index (χ0n) is 15.7. The highest BCUT2D eigenvalue weighted by Gasteiger charge is 2.45. The molecule has 0 fully saturated rings. The molecule has 1 heterocycles. The molecule has 0 saturated heterocycles. The number of hydrogen-bond acceptors (Lipinski definition) is 7. The molecule has 28 heavy (non-hydrogen) atoms. The van der Waals surface area contributed by atoms with Crippen molar-refractivity contribution in [3.63, 3.8) is 0 Å². The van der Waals surface area contributed by atoms with E-state index in [1.54, 1.807) is 43.5 Å². The summed E-state index contributed by atoms with van der Waals surface area (Å²) < 4.78 is 15.4. The van der Waals surface area contributed by atoms with Gasteiger partial charge in [0.05, 0.1) is 5.56 Å². The first-order valence-electron chi connectivity index (χ1n) is 9.08. The number of ether oxygens (including phenoxy) is 3. The van der Waals surface area contributed by atoms with Gasteiger partial charge >= 0.3 is 24.2 Å². The molecular weight excluding hydrogens is 362 g/mol. The van der Waals surface area contributed by atoms with Crippen molar-refractivity contribution in [1.29, 1.82) is 0 Å². The summed E-state index contributed by atoms with van der Waals surface area (Å²) in [6.45, 7) is 1.75. The highest BCUT2D eigenvalue weighted by Crippen LogP contribution is 2.25. The van der Waals surface area contributed by atoms with E-state index in [1.807, 2.05) is 18.2 Å². The van der Waals surface area contributed by atoms with Gasteiger partial charge in [-0.3, -0.25) is 9.78 Å². The number of carbonyl (C=O) groups excluding carboxylic acids is 3. The average Bonchev–Trinajstić information content (AvgIpc) is 2.72. The standard InChI is InChI=1S/C21H23NO6/c1-2-27-21(20(25)26-16-23,28-19(24)17-10-4-3-5-11-17)14-8-6-12-18-13-7-9-15-22-18/h3-5,7,9-11,13,15-16H,2,6,8,12,14H2,1H3. The SMILES string of the molecule is CCOC(CCCCc1ccccn1)(OC(=O)c1ccccc1)C(=O)OC=O. The van der Waals surface area contributed by atoms with Crippen molar-refractivity contribution in [1.82, 2.24) is 4.98 Å². The summed E-state index contributed by atoms with van der Waals surface area (Å²) in [5.74, 6) is -3.76. The predicted octanol–water partition coefficient (Wildman–Crippen LogP) is 3.08. The van der Waals surface area contributed by atoms with Crippen molar-refractivity contribution in [2.24, 2.45) is 0 Å². The molecule has 2 rings (SSSR count). The van der Waals surface area contributed by atoms with E-state index in [0.29, 0.717) is 19.3 Å². The van der Waals surface area contributed by atoms with Gasteiger partial charge in [-0.1, -0.05) is 24.3 Å². The fourth-order valence-electron chi connectivity index (χ4n) is 2.71. The van der Waals surface area contributed by atoms with Gasteiger partial charge in [0, 0.05) is 24.9 Å². The Morgan fingerprint density at radius 1 is 1.07 bits per heavy atom. The first kappa shape index (κ1) is 21.2. The van der Waals surface area contributed by atoms with Crippen LogP contribution in [-0.4, -0.2) is 35.8 Å². The molecule has 0 bridgehead atoms. The largest absolute Gasteiger partial charge is 0.418 e. The molecule has 1 unspecified atom stereocenters. The zero-order chi connectivity index (χ0) is 20.2. The minimum atomic E-state index is -1.98. The molecule has 0 aliphatic carbocycles. The number of unbranched alkanes of at least 4 members (excludes halogenated alkanes) is 1. The van der Waals surface area contributed by atoms with Crippen LogP contribution in [0.25, 0.3) is 0 Å². The Kier molecular flexibility index (Phi) is 8.30. The quantitative estimate of drug-likeness (QED) is 0.193. The van der Waals surface area contributed by atoms with Crippen molar-refractivity contribution in [3.8, 4) is 0 Å². The summed E-state index contributed by atoms with van der Waals surface area (Å²) in [5.41, 5.74) is 1.18. The average molecular weight is 385 g/mol. The number of aromatic nitrogens is 1. The molecule has 2 aromatic rings. The lowest BCUT2D eigenvalue weighted by Crippen LogP contribution is -2.47. The summed E-state index contributed by atoms with van der Waals surface area (Å²) in [4.78, 5) is 39.8. The molecule has 148 valence electrons. The van der Waals surface area contributed by atoms with Crippen LogP contribution in [0.2, 0.25) is 0 Å². The third-order valence-electron chi connectivity index (χ3n) is 4.03. The first-order valence-corrected chi connectivity index (χ1v) is 9.08. The lowest BCUT2D eigenvalue weighted by molar-refractivity contribution is -0.227. The lowest BCUT2D eigenvalue weighted by Gasteiger charge is -2.29. The molecule has 0 amide bonds. The smallest absolute Gasteiger partial charge is 0.387 e. The molecule has 7 heteroatoms. The van der Waals surface area contributed by atoms with Crippen molar-refractivity contribution in [3.05, 3.63) is 66.0 Å².